The summed E-state index contributed by atoms with van der Waals surface area (Å²) in [7, 11) is 0. The van der Waals surface area contributed by atoms with Crippen molar-refractivity contribution in [2.75, 3.05) is 11.9 Å². The largest absolute Gasteiger partial charge is 0.451 e. The zero-order valence-electron chi connectivity index (χ0n) is 16.0. The Morgan fingerprint density at radius 3 is 2.28 bits per heavy atom. The summed E-state index contributed by atoms with van der Waals surface area (Å²) in [6.45, 7) is 2.40. The van der Waals surface area contributed by atoms with Gasteiger partial charge in [-0.3, -0.25) is 19.3 Å². The van der Waals surface area contributed by atoms with E-state index >= 15 is 0 Å². The minimum absolute atomic E-state index is 0.518. The number of ether oxygens (including phenoxy) is 1. The van der Waals surface area contributed by atoms with E-state index in [1.807, 2.05) is 0 Å². The number of amides is 4. The first-order chi connectivity index (χ1) is 13.8. The van der Waals surface area contributed by atoms with E-state index < -0.39 is 42.0 Å². The molecule has 2 aromatic carbocycles. The minimum atomic E-state index is -1.27. The first-order valence-electron chi connectivity index (χ1n) is 9.06. The van der Waals surface area contributed by atoms with Crippen molar-refractivity contribution in [3.8, 4) is 0 Å². The van der Waals surface area contributed by atoms with Crippen molar-refractivity contribution in [2.45, 2.75) is 25.5 Å². The third-order valence-electron chi connectivity index (χ3n) is 4.63. The molecule has 8 nitrogen and oxygen atoms in total. The summed E-state index contributed by atoms with van der Waals surface area (Å²) in [5.41, 5.74) is -0.104. The van der Waals surface area contributed by atoms with Crippen molar-refractivity contribution in [3.05, 3.63) is 66.2 Å². The Labute approximate surface area is 167 Å². The summed E-state index contributed by atoms with van der Waals surface area (Å²) < 4.78 is 5.09. The fourth-order valence-corrected chi connectivity index (χ4v) is 2.99. The van der Waals surface area contributed by atoms with Crippen LogP contribution in [0.15, 0.2) is 60.7 Å². The van der Waals surface area contributed by atoms with E-state index in [0.29, 0.717) is 11.3 Å². The number of para-hydroxylation sites is 1. The summed E-state index contributed by atoms with van der Waals surface area (Å²) in [4.78, 5) is 50.2. The van der Waals surface area contributed by atoms with Gasteiger partial charge in [0.15, 0.2) is 6.10 Å². The summed E-state index contributed by atoms with van der Waals surface area (Å²) in [5, 5.41) is 5.23. The molecule has 150 valence electrons. The molecule has 1 saturated heterocycles. The van der Waals surface area contributed by atoms with Gasteiger partial charge in [-0.05, 0) is 31.5 Å². The van der Waals surface area contributed by atoms with Crippen LogP contribution in [0.1, 0.15) is 19.4 Å². The van der Waals surface area contributed by atoms with Crippen LogP contribution in [0.3, 0.4) is 0 Å². The van der Waals surface area contributed by atoms with Crippen molar-refractivity contribution >= 4 is 29.5 Å². The second-order valence-electron chi connectivity index (χ2n) is 6.80. The van der Waals surface area contributed by atoms with Gasteiger partial charge in [0.05, 0.1) is 0 Å². The van der Waals surface area contributed by atoms with E-state index in [0.717, 1.165) is 4.90 Å². The first-order valence-corrected chi connectivity index (χ1v) is 9.06. The Hall–Kier alpha value is -3.68. The van der Waals surface area contributed by atoms with Crippen molar-refractivity contribution in [2.24, 2.45) is 0 Å². The SMILES string of the molecule is C[C@H](OC(=O)CN1C(=O)N[C@](C)(c2ccccc2)C1=O)C(=O)Nc1ccccc1. The third-order valence-corrected chi connectivity index (χ3v) is 4.63. The molecule has 3 rings (SSSR count). The van der Waals surface area contributed by atoms with Gasteiger partial charge >= 0.3 is 12.0 Å². The van der Waals surface area contributed by atoms with Gasteiger partial charge in [0, 0.05) is 5.69 Å². The summed E-state index contributed by atoms with van der Waals surface area (Å²) in [6.07, 6.45) is -1.09. The number of carbonyl (C=O) groups excluding carboxylic acids is 4. The molecule has 1 fully saturated rings. The fourth-order valence-electron chi connectivity index (χ4n) is 2.99. The van der Waals surface area contributed by atoms with Crippen LogP contribution in [0.5, 0.6) is 0 Å². The zero-order chi connectivity index (χ0) is 21.0. The molecule has 0 aromatic heterocycles. The standard InChI is InChI=1S/C21H21N3O5/c1-14(18(26)22-16-11-7-4-8-12-16)29-17(25)13-24-19(27)21(2,23-20(24)28)15-9-5-3-6-10-15/h3-12,14H,13H2,1-2H3,(H,22,26)(H,23,28)/t14-,21+/m0/s1. The number of carbonyl (C=O) groups is 4. The van der Waals surface area contributed by atoms with Gasteiger partial charge in [0.1, 0.15) is 12.1 Å². The number of nitrogens with one attached hydrogen (secondary N) is 2. The van der Waals surface area contributed by atoms with E-state index in [9.17, 15) is 19.2 Å². The van der Waals surface area contributed by atoms with Crippen LogP contribution < -0.4 is 10.6 Å². The number of rotatable bonds is 6. The molecule has 1 aliphatic rings. The van der Waals surface area contributed by atoms with Crippen LogP contribution in [-0.4, -0.2) is 41.4 Å². The smallest absolute Gasteiger partial charge is 0.327 e. The topological polar surface area (TPSA) is 105 Å². The Balaban J connectivity index is 1.61. The number of hydrogen-bond donors (Lipinski definition) is 2. The third kappa shape index (κ3) is 4.26. The molecule has 8 heteroatoms. The van der Waals surface area contributed by atoms with Crippen molar-refractivity contribution < 1.29 is 23.9 Å². The van der Waals surface area contributed by atoms with E-state index in [4.69, 9.17) is 4.74 Å². The van der Waals surface area contributed by atoms with E-state index in [1.165, 1.54) is 6.92 Å². The second-order valence-corrected chi connectivity index (χ2v) is 6.80. The number of imide groups is 1. The van der Waals surface area contributed by atoms with Crippen LogP contribution in [-0.2, 0) is 24.7 Å². The van der Waals surface area contributed by atoms with E-state index in [1.54, 1.807) is 67.6 Å². The second kappa shape index (κ2) is 8.14. The lowest BCUT2D eigenvalue weighted by molar-refractivity contribution is -0.155. The molecule has 29 heavy (non-hydrogen) atoms. The maximum Gasteiger partial charge on any atom is 0.327 e. The number of nitrogens with zero attached hydrogens (tertiary/aromatic N) is 1. The van der Waals surface area contributed by atoms with Crippen molar-refractivity contribution in [1.82, 2.24) is 10.2 Å². The van der Waals surface area contributed by atoms with Gasteiger partial charge in [-0.25, -0.2) is 4.79 Å². The van der Waals surface area contributed by atoms with Gasteiger partial charge in [-0.15, -0.1) is 0 Å². The van der Waals surface area contributed by atoms with Gasteiger partial charge in [-0.2, -0.15) is 0 Å². The predicted molar refractivity (Wildman–Crippen MR) is 105 cm³/mol. The highest BCUT2D eigenvalue weighted by atomic mass is 16.5. The van der Waals surface area contributed by atoms with Gasteiger partial charge in [0.25, 0.3) is 11.8 Å². The Bertz CT molecular complexity index is 932. The minimum Gasteiger partial charge on any atom is -0.451 e. The number of anilines is 1. The Morgan fingerprint density at radius 2 is 1.66 bits per heavy atom. The molecule has 2 N–H and O–H groups in total. The van der Waals surface area contributed by atoms with Crippen LogP contribution in [0, 0.1) is 0 Å². The number of urea groups is 1. The lowest BCUT2D eigenvalue weighted by Crippen LogP contribution is -2.42. The number of esters is 1. The predicted octanol–water partition coefficient (Wildman–Crippen LogP) is 2.02. The van der Waals surface area contributed by atoms with Gasteiger partial charge in [0.2, 0.25) is 0 Å². The highest BCUT2D eigenvalue weighted by Crippen LogP contribution is 2.28. The van der Waals surface area contributed by atoms with Crippen LogP contribution in [0.25, 0.3) is 0 Å². The monoisotopic (exact) mass is 395 g/mol. The fraction of sp³-hybridized carbons (Fsp3) is 0.238. The lowest BCUT2D eigenvalue weighted by atomic mass is 9.92. The summed E-state index contributed by atoms with van der Waals surface area (Å²) in [5.74, 6) is -1.94. The molecule has 4 amide bonds. The van der Waals surface area contributed by atoms with Gasteiger partial charge in [-0.1, -0.05) is 48.5 Å². The highest BCUT2D eigenvalue weighted by Gasteiger charge is 2.49. The summed E-state index contributed by atoms with van der Waals surface area (Å²) >= 11 is 0. The van der Waals surface area contributed by atoms with E-state index in [2.05, 4.69) is 10.6 Å². The van der Waals surface area contributed by atoms with Crippen LogP contribution in [0.4, 0.5) is 10.5 Å². The number of hydrogen-bond acceptors (Lipinski definition) is 5. The first kappa shape index (κ1) is 20.1. The molecule has 2 aromatic rings. The lowest BCUT2D eigenvalue weighted by Gasteiger charge is -2.22. The van der Waals surface area contributed by atoms with E-state index in [-0.39, 0.29) is 0 Å². The molecular weight excluding hydrogens is 374 g/mol. The molecule has 0 bridgehead atoms. The average Bonchev–Trinajstić information content (AvgIpc) is 2.93. The van der Waals surface area contributed by atoms with Gasteiger partial charge < -0.3 is 15.4 Å². The maximum absolute atomic E-state index is 12.8. The molecule has 0 saturated carbocycles. The Kier molecular flexibility index (Phi) is 5.63. The molecule has 0 unspecified atom stereocenters. The quantitative estimate of drug-likeness (QED) is 0.575. The number of benzene rings is 2. The van der Waals surface area contributed by atoms with Crippen LogP contribution >= 0.6 is 0 Å². The molecule has 1 aliphatic heterocycles. The van der Waals surface area contributed by atoms with Crippen LogP contribution in [0.2, 0.25) is 0 Å². The molecular formula is C21H21N3O5. The molecule has 0 aliphatic carbocycles. The zero-order valence-corrected chi connectivity index (χ0v) is 16.0. The van der Waals surface area contributed by atoms with Crippen molar-refractivity contribution in [1.29, 1.82) is 0 Å². The normalized spacial score (nSPS) is 19.4. The molecule has 2 atom stereocenters. The van der Waals surface area contributed by atoms with Crippen molar-refractivity contribution in [3.63, 3.8) is 0 Å². The average molecular weight is 395 g/mol. The summed E-state index contributed by atoms with van der Waals surface area (Å²) in [6, 6.07) is 16.8. The maximum atomic E-state index is 12.8. The molecule has 0 radical (unpaired) electrons. The molecule has 1 heterocycles. The molecule has 0 spiro atoms. The highest BCUT2D eigenvalue weighted by molar-refractivity contribution is 6.09. The Morgan fingerprint density at radius 1 is 1.07 bits per heavy atom.